The van der Waals surface area contributed by atoms with E-state index in [4.69, 9.17) is 4.74 Å². The zero-order valence-electron chi connectivity index (χ0n) is 16.3. The van der Waals surface area contributed by atoms with Gasteiger partial charge in [0, 0.05) is 20.1 Å². The minimum Gasteiger partial charge on any atom is -0.378 e. The average Bonchev–Trinajstić information content (AvgIpc) is 3.22. The van der Waals surface area contributed by atoms with Crippen molar-refractivity contribution in [3.05, 3.63) is 35.4 Å². The molecule has 1 aromatic carbocycles. The van der Waals surface area contributed by atoms with Gasteiger partial charge in [0.1, 0.15) is 12.1 Å². The highest BCUT2D eigenvalue weighted by molar-refractivity contribution is 6.10. The molecule has 154 valence electrons. The van der Waals surface area contributed by atoms with Crippen LogP contribution in [0.3, 0.4) is 0 Å². The highest BCUT2D eigenvalue weighted by Gasteiger charge is 2.55. The van der Waals surface area contributed by atoms with Crippen molar-refractivity contribution in [2.24, 2.45) is 0 Å². The van der Waals surface area contributed by atoms with E-state index in [1.165, 1.54) is 11.9 Å². The molecule has 9 nitrogen and oxygen atoms in total. The summed E-state index contributed by atoms with van der Waals surface area (Å²) in [7, 11) is 1.50. The van der Waals surface area contributed by atoms with Crippen molar-refractivity contribution in [2.45, 2.75) is 18.4 Å². The van der Waals surface area contributed by atoms with Crippen LogP contribution in [0.5, 0.6) is 0 Å². The summed E-state index contributed by atoms with van der Waals surface area (Å²) >= 11 is 0. The second kappa shape index (κ2) is 7.47. The molecule has 2 saturated heterocycles. The Morgan fingerprint density at radius 1 is 1.21 bits per heavy atom. The molecule has 5 amide bonds. The maximum absolute atomic E-state index is 13.1. The van der Waals surface area contributed by atoms with Crippen molar-refractivity contribution in [1.29, 1.82) is 0 Å². The molecule has 0 radical (unpaired) electrons. The molecular weight excluding hydrogens is 376 g/mol. The Morgan fingerprint density at radius 3 is 2.69 bits per heavy atom. The van der Waals surface area contributed by atoms with E-state index in [9.17, 15) is 19.2 Å². The van der Waals surface area contributed by atoms with E-state index in [0.29, 0.717) is 39.1 Å². The lowest BCUT2D eigenvalue weighted by molar-refractivity contribution is -0.143. The van der Waals surface area contributed by atoms with E-state index < -0.39 is 23.4 Å². The number of fused-ring (bicyclic) bond motifs is 2. The number of amides is 5. The van der Waals surface area contributed by atoms with Crippen LogP contribution < -0.4 is 5.32 Å². The van der Waals surface area contributed by atoms with Crippen LogP contribution in [-0.2, 0) is 31.1 Å². The fraction of sp³-hybridized carbons (Fsp3) is 0.500. The molecule has 1 aromatic rings. The molecular formula is C20H24N4O5. The number of aryl methyl sites for hydroxylation is 1. The number of imide groups is 1. The number of ether oxygens (including phenoxy) is 1. The van der Waals surface area contributed by atoms with Crippen LogP contribution in [0, 0.1) is 0 Å². The molecule has 4 rings (SSSR count). The zero-order chi connectivity index (χ0) is 20.6. The van der Waals surface area contributed by atoms with Gasteiger partial charge in [0.05, 0.1) is 19.8 Å². The number of likely N-dealkylation sites (N-methyl/N-ethyl adjacent to an activating group) is 1. The fourth-order valence-corrected chi connectivity index (χ4v) is 4.19. The summed E-state index contributed by atoms with van der Waals surface area (Å²) in [6, 6.07) is 6.96. The summed E-state index contributed by atoms with van der Waals surface area (Å²) in [5.74, 6) is -1.05. The van der Waals surface area contributed by atoms with Gasteiger partial charge in [0.2, 0.25) is 11.8 Å². The van der Waals surface area contributed by atoms with Crippen molar-refractivity contribution >= 4 is 23.8 Å². The third-order valence-electron chi connectivity index (χ3n) is 5.88. The number of rotatable bonds is 4. The van der Waals surface area contributed by atoms with Crippen LogP contribution >= 0.6 is 0 Å². The van der Waals surface area contributed by atoms with Gasteiger partial charge in [-0.05, 0) is 24.0 Å². The third-order valence-corrected chi connectivity index (χ3v) is 5.88. The molecule has 2 aliphatic heterocycles. The van der Waals surface area contributed by atoms with E-state index >= 15 is 0 Å². The zero-order valence-corrected chi connectivity index (χ0v) is 16.3. The Kier molecular flexibility index (Phi) is 4.99. The minimum atomic E-state index is -1.09. The Balaban J connectivity index is 1.41. The van der Waals surface area contributed by atoms with E-state index in [2.05, 4.69) is 5.32 Å². The second-order valence-electron chi connectivity index (χ2n) is 7.63. The first kappa shape index (κ1) is 19.4. The topological polar surface area (TPSA) is 99.3 Å². The Labute approximate surface area is 168 Å². The lowest BCUT2D eigenvalue weighted by atomic mass is 9.92. The molecule has 0 saturated carbocycles. The molecule has 3 aliphatic rings. The van der Waals surface area contributed by atoms with Gasteiger partial charge in [-0.3, -0.25) is 19.3 Å². The van der Waals surface area contributed by atoms with Gasteiger partial charge in [0.25, 0.3) is 5.91 Å². The van der Waals surface area contributed by atoms with Crippen LogP contribution in [0.2, 0.25) is 0 Å². The SMILES string of the molecule is CN(CC(=O)N1CCOCC1)C(=O)CN1C(=O)N[C@]2(CCc3ccccc32)C1=O. The Hall–Kier alpha value is -2.94. The molecule has 0 unspecified atom stereocenters. The molecule has 1 spiro atoms. The molecule has 2 fully saturated rings. The maximum Gasteiger partial charge on any atom is 0.325 e. The number of carbonyl (C=O) groups is 4. The second-order valence-corrected chi connectivity index (χ2v) is 7.63. The van der Waals surface area contributed by atoms with E-state index in [-0.39, 0.29) is 19.0 Å². The third kappa shape index (κ3) is 3.35. The monoisotopic (exact) mass is 400 g/mol. The number of nitrogens with zero attached hydrogens (tertiary/aromatic N) is 3. The number of carbonyl (C=O) groups excluding carboxylic acids is 4. The van der Waals surface area contributed by atoms with Crippen molar-refractivity contribution < 1.29 is 23.9 Å². The van der Waals surface area contributed by atoms with Gasteiger partial charge in [-0.2, -0.15) is 0 Å². The largest absolute Gasteiger partial charge is 0.378 e. The molecule has 0 aromatic heterocycles. The number of hydrogen-bond donors (Lipinski definition) is 1. The van der Waals surface area contributed by atoms with Crippen LogP contribution in [0.1, 0.15) is 17.5 Å². The fourth-order valence-electron chi connectivity index (χ4n) is 4.19. The first-order valence-corrected chi connectivity index (χ1v) is 9.74. The van der Waals surface area contributed by atoms with E-state index in [0.717, 1.165) is 16.0 Å². The Bertz CT molecular complexity index is 866. The van der Waals surface area contributed by atoms with E-state index in [1.807, 2.05) is 24.3 Å². The Morgan fingerprint density at radius 2 is 1.93 bits per heavy atom. The van der Waals surface area contributed by atoms with Crippen molar-refractivity contribution in [3.63, 3.8) is 0 Å². The van der Waals surface area contributed by atoms with Gasteiger partial charge in [-0.25, -0.2) is 4.79 Å². The average molecular weight is 400 g/mol. The molecule has 1 atom stereocenters. The first-order chi connectivity index (χ1) is 13.9. The highest BCUT2D eigenvalue weighted by Crippen LogP contribution is 2.41. The van der Waals surface area contributed by atoms with Crippen LogP contribution in [-0.4, -0.2) is 84.9 Å². The quantitative estimate of drug-likeness (QED) is 0.700. The van der Waals surface area contributed by atoms with Crippen LogP contribution in [0.4, 0.5) is 4.79 Å². The van der Waals surface area contributed by atoms with E-state index in [1.54, 1.807) is 4.90 Å². The van der Waals surface area contributed by atoms with Crippen molar-refractivity contribution in [1.82, 2.24) is 20.0 Å². The predicted molar refractivity (Wildman–Crippen MR) is 102 cm³/mol. The maximum atomic E-state index is 13.1. The summed E-state index contributed by atoms with van der Waals surface area (Å²) in [5, 5.41) is 2.80. The normalized spacial score (nSPS) is 23.3. The summed E-state index contributed by atoms with van der Waals surface area (Å²) in [5.41, 5.74) is 0.738. The van der Waals surface area contributed by atoms with Gasteiger partial charge < -0.3 is 19.9 Å². The number of benzene rings is 1. The molecule has 2 heterocycles. The minimum absolute atomic E-state index is 0.101. The van der Waals surface area contributed by atoms with Crippen LogP contribution in [0.15, 0.2) is 24.3 Å². The highest BCUT2D eigenvalue weighted by atomic mass is 16.5. The summed E-state index contributed by atoms with van der Waals surface area (Å²) < 4.78 is 5.22. The number of nitrogens with one attached hydrogen (secondary N) is 1. The standard InChI is InChI=1S/C20H24N4O5/c1-22(12-17(26)23-8-10-29-11-9-23)16(25)13-24-18(27)20(21-19(24)28)7-6-14-4-2-3-5-15(14)20/h2-5H,6-13H2,1H3,(H,21,28)/t20-/m0/s1. The lowest BCUT2D eigenvalue weighted by Crippen LogP contribution is -2.48. The lowest BCUT2D eigenvalue weighted by Gasteiger charge is -2.29. The van der Waals surface area contributed by atoms with Gasteiger partial charge in [0.15, 0.2) is 0 Å². The predicted octanol–water partition coefficient (Wildman–Crippen LogP) is -0.303. The molecule has 1 N–H and O–H groups in total. The van der Waals surface area contributed by atoms with Crippen molar-refractivity contribution in [3.8, 4) is 0 Å². The van der Waals surface area contributed by atoms with Gasteiger partial charge >= 0.3 is 6.03 Å². The summed E-state index contributed by atoms with van der Waals surface area (Å²) in [6.07, 6.45) is 1.17. The number of urea groups is 1. The van der Waals surface area contributed by atoms with Crippen molar-refractivity contribution in [2.75, 3.05) is 46.4 Å². The smallest absolute Gasteiger partial charge is 0.325 e. The van der Waals surface area contributed by atoms with Gasteiger partial charge in [-0.1, -0.05) is 24.3 Å². The first-order valence-electron chi connectivity index (χ1n) is 9.74. The number of hydrogen-bond acceptors (Lipinski definition) is 5. The molecule has 1 aliphatic carbocycles. The van der Waals surface area contributed by atoms with Gasteiger partial charge in [-0.15, -0.1) is 0 Å². The molecule has 29 heavy (non-hydrogen) atoms. The summed E-state index contributed by atoms with van der Waals surface area (Å²) in [6.45, 7) is 1.47. The number of morpholine rings is 1. The van der Waals surface area contributed by atoms with Crippen LogP contribution in [0.25, 0.3) is 0 Å². The summed E-state index contributed by atoms with van der Waals surface area (Å²) in [4.78, 5) is 54.4. The molecule has 0 bridgehead atoms. The molecule has 9 heteroatoms.